The number of nitrogens with one attached hydrogen (secondary N) is 1. The van der Waals surface area contributed by atoms with E-state index < -0.39 is 6.04 Å². The Kier molecular flexibility index (Phi) is 10.9. The van der Waals surface area contributed by atoms with E-state index in [4.69, 9.17) is 0 Å². The van der Waals surface area contributed by atoms with Crippen molar-refractivity contribution in [3.8, 4) is 0 Å². The van der Waals surface area contributed by atoms with E-state index in [0.717, 1.165) is 27.8 Å². The van der Waals surface area contributed by atoms with E-state index in [1.807, 2.05) is 61.5 Å². The standard InChI is InChI=1S/C29H33BrN2O2S/c1-3-17-31-29(34)27(18-23-7-5-4-6-8-23)32(19-24-13-15-26(30)16-14-24)28(33)21-35-20-25-11-9-22(2)10-12-25/h4-16,27H,3,17-21H2,1-2H3,(H,31,34). The van der Waals surface area contributed by atoms with Gasteiger partial charge < -0.3 is 10.2 Å². The van der Waals surface area contributed by atoms with Crippen LogP contribution in [0.15, 0.2) is 83.3 Å². The zero-order valence-corrected chi connectivity index (χ0v) is 22.8. The van der Waals surface area contributed by atoms with Gasteiger partial charge in [-0.2, -0.15) is 0 Å². The summed E-state index contributed by atoms with van der Waals surface area (Å²) in [6.45, 7) is 5.07. The van der Waals surface area contributed by atoms with Crippen molar-refractivity contribution < 1.29 is 9.59 Å². The van der Waals surface area contributed by atoms with Crippen molar-refractivity contribution in [3.63, 3.8) is 0 Å². The number of nitrogens with zero attached hydrogens (tertiary/aromatic N) is 1. The second kappa shape index (κ2) is 14.1. The number of halogens is 1. The number of carbonyl (C=O) groups is 2. The monoisotopic (exact) mass is 552 g/mol. The van der Waals surface area contributed by atoms with Gasteiger partial charge in [0.1, 0.15) is 6.04 Å². The molecular formula is C29H33BrN2O2S. The van der Waals surface area contributed by atoms with Crippen LogP contribution in [0.4, 0.5) is 0 Å². The molecule has 184 valence electrons. The Morgan fingerprint density at radius 2 is 1.57 bits per heavy atom. The third kappa shape index (κ3) is 8.86. The maximum absolute atomic E-state index is 13.6. The normalized spacial score (nSPS) is 11.6. The molecule has 0 aliphatic rings. The molecule has 0 aliphatic heterocycles. The molecule has 1 N–H and O–H groups in total. The molecule has 3 rings (SSSR count). The van der Waals surface area contributed by atoms with Crippen LogP contribution < -0.4 is 5.32 Å². The molecule has 2 amide bonds. The summed E-state index contributed by atoms with van der Waals surface area (Å²) in [6.07, 6.45) is 1.32. The Morgan fingerprint density at radius 3 is 2.23 bits per heavy atom. The van der Waals surface area contributed by atoms with Gasteiger partial charge in [-0.15, -0.1) is 11.8 Å². The quantitative estimate of drug-likeness (QED) is 0.293. The number of amides is 2. The van der Waals surface area contributed by atoms with Gasteiger partial charge in [0, 0.05) is 29.7 Å². The number of hydrogen-bond donors (Lipinski definition) is 1. The van der Waals surface area contributed by atoms with Gasteiger partial charge in [0.15, 0.2) is 0 Å². The van der Waals surface area contributed by atoms with Crippen LogP contribution in [0.5, 0.6) is 0 Å². The smallest absolute Gasteiger partial charge is 0.243 e. The van der Waals surface area contributed by atoms with E-state index in [1.165, 1.54) is 11.1 Å². The highest BCUT2D eigenvalue weighted by molar-refractivity contribution is 9.10. The molecule has 0 saturated heterocycles. The molecule has 0 aliphatic carbocycles. The molecule has 0 fully saturated rings. The van der Waals surface area contributed by atoms with Gasteiger partial charge >= 0.3 is 0 Å². The number of hydrogen-bond acceptors (Lipinski definition) is 3. The van der Waals surface area contributed by atoms with Gasteiger partial charge in [0.2, 0.25) is 11.8 Å². The molecule has 0 heterocycles. The van der Waals surface area contributed by atoms with Crippen LogP contribution in [0, 0.1) is 6.92 Å². The van der Waals surface area contributed by atoms with Crippen molar-refractivity contribution in [1.29, 1.82) is 0 Å². The molecule has 6 heteroatoms. The summed E-state index contributed by atoms with van der Waals surface area (Å²) in [5, 5.41) is 3.02. The predicted octanol–water partition coefficient (Wildman–Crippen LogP) is 6.16. The van der Waals surface area contributed by atoms with Crippen LogP contribution in [0.25, 0.3) is 0 Å². The lowest BCUT2D eigenvalue weighted by Gasteiger charge is -2.31. The topological polar surface area (TPSA) is 49.4 Å². The van der Waals surface area contributed by atoms with Crippen molar-refractivity contribution in [3.05, 3.63) is 106 Å². The molecule has 0 aromatic heterocycles. The summed E-state index contributed by atoms with van der Waals surface area (Å²) in [5.74, 6) is 0.933. The molecule has 0 spiro atoms. The average molecular weight is 554 g/mol. The van der Waals surface area contributed by atoms with E-state index >= 15 is 0 Å². The molecule has 1 unspecified atom stereocenters. The molecular weight excluding hydrogens is 520 g/mol. The highest BCUT2D eigenvalue weighted by Crippen LogP contribution is 2.20. The van der Waals surface area contributed by atoms with Crippen LogP contribution >= 0.6 is 27.7 Å². The Hall–Kier alpha value is -2.57. The summed E-state index contributed by atoms with van der Waals surface area (Å²) in [6, 6.07) is 25.6. The third-order valence-corrected chi connectivity index (χ3v) is 7.22. The lowest BCUT2D eigenvalue weighted by molar-refractivity contribution is -0.139. The molecule has 0 saturated carbocycles. The lowest BCUT2D eigenvalue weighted by Crippen LogP contribution is -2.51. The highest BCUT2D eigenvalue weighted by atomic mass is 79.9. The zero-order chi connectivity index (χ0) is 25.0. The highest BCUT2D eigenvalue weighted by Gasteiger charge is 2.30. The van der Waals surface area contributed by atoms with Crippen LogP contribution in [0.2, 0.25) is 0 Å². The fourth-order valence-electron chi connectivity index (χ4n) is 3.73. The van der Waals surface area contributed by atoms with Crippen molar-refractivity contribution in [2.45, 2.75) is 45.0 Å². The Morgan fingerprint density at radius 1 is 0.914 bits per heavy atom. The number of benzene rings is 3. The first-order chi connectivity index (χ1) is 17.0. The minimum absolute atomic E-state index is 0.0300. The maximum Gasteiger partial charge on any atom is 0.243 e. The van der Waals surface area contributed by atoms with Crippen LogP contribution in [0.1, 0.15) is 35.6 Å². The largest absolute Gasteiger partial charge is 0.354 e. The average Bonchev–Trinajstić information content (AvgIpc) is 2.87. The summed E-state index contributed by atoms with van der Waals surface area (Å²) < 4.78 is 0.981. The number of aryl methyl sites for hydroxylation is 1. The molecule has 0 radical (unpaired) electrons. The summed E-state index contributed by atoms with van der Waals surface area (Å²) in [5.41, 5.74) is 4.43. The minimum atomic E-state index is -0.583. The van der Waals surface area contributed by atoms with Crippen molar-refractivity contribution in [2.75, 3.05) is 12.3 Å². The second-order valence-electron chi connectivity index (χ2n) is 8.62. The summed E-state index contributed by atoms with van der Waals surface area (Å²) >= 11 is 5.06. The van der Waals surface area contributed by atoms with Gasteiger partial charge in [0.05, 0.1) is 5.75 Å². The first-order valence-corrected chi connectivity index (χ1v) is 13.9. The van der Waals surface area contributed by atoms with Gasteiger partial charge in [-0.25, -0.2) is 0 Å². The van der Waals surface area contributed by atoms with E-state index in [9.17, 15) is 9.59 Å². The SMILES string of the molecule is CCCNC(=O)C(Cc1ccccc1)N(Cc1ccc(Br)cc1)C(=O)CSCc1ccc(C)cc1. The summed E-state index contributed by atoms with van der Waals surface area (Å²) in [7, 11) is 0. The first kappa shape index (κ1) is 27.0. The summed E-state index contributed by atoms with van der Waals surface area (Å²) in [4.78, 5) is 28.6. The Labute approximate surface area is 221 Å². The Balaban J connectivity index is 1.81. The van der Waals surface area contributed by atoms with E-state index in [1.54, 1.807) is 16.7 Å². The molecule has 1 atom stereocenters. The molecule has 35 heavy (non-hydrogen) atoms. The fourth-order valence-corrected chi connectivity index (χ4v) is 4.86. The molecule has 0 bridgehead atoms. The molecule has 4 nitrogen and oxygen atoms in total. The molecule has 3 aromatic carbocycles. The zero-order valence-electron chi connectivity index (χ0n) is 20.4. The first-order valence-electron chi connectivity index (χ1n) is 11.9. The van der Waals surface area contributed by atoms with Crippen LogP contribution in [-0.4, -0.2) is 35.1 Å². The number of rotatable bonds is 12. The maximum atomic E-state index is 13.6. The minimum Gasteiger partial charge on any atom is -0.354 e. The fraction of sp³-hybridized carbons (Fsp3) is 0.310. The van der Waals surface area contributed by atoms with E-state index in [2.05, 4.69) is 52.4 Å². The van der Waals surface area contributed by atoms with E-state index in [0.29, 0.717) is 25.3 Å². The van der Waals surface area contributed by atoms with Crippen molar-refractivity contribution >= 4 is 39.5 Å². The number of thioether (sulfide) groups is 1. The van der Waals surface area contributed by atoms with Gasteiger partial charge in [-0.05, 0) is 42.2 Å². The van der Waals surface area contributed by atoms with Gasteiger partial charge in [-0.3, -0.25) is 9.59 Å². The number of carbonyl (C=O) groups excluding carboxylic acids is 2. The van der Waals surface area contributed by atoms with Gasteiger partial charge in [0.25, 0.3) is 0 Å². The van der Waals surface area contributed by atoms with Crippen LogP contribution in [-0.2, 0) is 28.3 Å². The van der Waals surface area contributed by atoms with Crippen LogP contribution in [0.3, 0.4) is 0 Å². The van der Waals surface area contributed by atoms with E-state index in [-0.39, 0.29) is 11.8 Å². The van der Waals surface area contributed by atoms with Crippen molar-refractivity contribution in [1.82, 2.24) is 10.2 Å². The predicted molar refractivity (Wildman–Crippen MR) is 149 cm³/mol. The second-order valence-corrected chi connectivity index (χ2v) is 10.5. The third-order valence-electron chi connectivity index (χ3n) is 5.70. The molecule has 3 aromatic rings. The Bertz CT molecular complexity index is 1070. The lowest BCUT2D eigenvalue weighted by atomic mass is 10.0. The van der Waals surface area contributed by atoms with Crippen molar-refractivity contribution in [2.24, 2.45) is 0 Å². The van der Waals surface area contributed by atoms with Gasteiger partial charge in [-0.1, -0.05) is 95.1 Å².